The molecule has 2 N–H and O–H groups in total. The van der Waals surface area contributed by atoms with Crippen LogP contribution in [-0.2, 0) is 17.8 Å². The molecule has 0 spiro atoms. The number of nitrogens with zero attached hydrogens (tertiary/aromatic N) is 1. The van der Waals surface area contributed by atoms with Crippen LogP contribution < -0.4 is 10.6 Å². The molecule has 0 radical (unpaired) electrons. The van der Waals surface area contributed by atoms with E-state index in [-0.39, 0.29) is 12.0 Å². The van der Waals surface area contributed by atoms with Crippen molar-refractivity contribution >= 4 is 5.91 Å². The molecule has 1 aromatic heterocycles. The molecule has 0 saturated carbocycles. The lowest BCUT2D eigenvalue weighted by Crippen LogP contribution is -2.25. The highest BCUT2D eigenvalue weighted by atomic mass is 16.5. The standard InChI is InChI=1S/C18H23N3O3/c1-13-4-6-14(7-5-13)10-20-18(22)17-9-16(24-21-17)12-19-11-15-3-2-8-23-15/h4-7,9,15,19H,2-3,8,10-12H2,1H3,(H,20,22). The van der Waals surface area contributed by atoms with Gasteiger partial charge < -0.3 is 19.9 Å². The normalized spacial score (nSPS) is 17.1. The van der Waals surface area contributed by atoms with Crippen LogP contribution in [0.1, 0.15) is 40.2 Å². The smallest absolute Gasteiger partial charge is 0.273 e. The highest BCUT2D eigenvalue weighted by Gasteiger charge is 2.16. The second kappa shape index (κ2) is 8.08. The first kappa shape index (κ1) is 16.7. The predicted octanol–water partition coefficient (Wildman–Crippen LogP) is 2.18. The van der Waals surface area contributed by atoms with E-state index in [2.05, 4.69) is 15.8 Å². The highest BCUT2D eigenvalue weighted by Crippen LogP contribution is 2.11. The summed E-state index contributed by atoms with van der Waals surface area (Å²) in [6.07, 6.45) is 2.50. The van der Waals surface area contributed by atoms with Gasteiger partial charge >= 0.3 is 0 Å². The number of carbonyl (C=O) groups is 1. The minimum atomic E-state index is -0.232. The second-order valence-corrected chi connectivity index (χ2v) is 6.11. The maximum Gasteiger partial charge on any atom is 0.273 e. The van der Waals surface area contributed by atoms with Crippen LogP contribution in [0.5, 0.6) is 0 Å². The molecule has 1 fully saturated rings. The maximum atomic E-state index is 12.1. The Kier molecular flexibility index (Phi) is 5.61. The van der Waals surface area contributed by atoms with Crippen molar-refractivity contribution in [3.05, 3.63) is 52.9 Å². The zero-order valence-electron chi connectivity index (χ0n) is 13.9. The molecule has 1 unspecified atom stereocenters. The van der Waals surface area contributed by atoms with Crippen molar-refractivity contribution in [3.63, 3.8) is 0 Å². The molecule has 6 heteroatoms. The minimum absolute atomic E-state index is 0.232. The molecule has 2 aromatic rings. The Hall–Kier alpha value is -2.18. The van der Waals surface area contributed by atoms with E-state index in [1.807, 2.05) is 31.2 Å². The number of rotatable bonds is 7. The van der Waals surface area contributed by atoms with Gasteiger partial charge in [-0.2, -0.15) is 0 Å². The van der Waals surface area contributed by atoms with Gasteiger partial charge in [0.15, 0.2) is 11.5 Å². The molecular weight excluding hydrogens is 306 g/mol. The van der Waals surface area contributed by atoms with E-state index in [4.69, 9.17) is 9.26 Å². The molecule has 24 heavy (non-hydrogen) atoms. The van der Waals surface area contributed by atoms with E-state index in [1.54, 1.807) is 6.07 Å². The molecule has 1 aromatic carbocycles. The molecular formula is C18H23N3O3. The Morgan fingerprint density at radius 3 is 2.88 bits per heavy atom. The van der Waals surface area contributed by atoms with E-state index >= 15 is 0 Å². The number of aromatic nitrogens is 1. The van der Waals surface area contributed by atoms with Crippen LogP contribution >= 0.6 is 0 Å². The first-order valence-electron chi connectivity index (χ1n) is 8.32. The molecule has 1 amide bonds. The zero-order chi connectivity index (χ0) is 16.8. The first-order valence-corrected chi connectivity index (χ1v) is 8.32. The Morgan fingerprint density at radius 2 is 2.12 bits per heavy atom. The third-order valence-corrected chi connectivity index (χ3v) is 4.06. The van der Waals surface area contributed by atoms with E-state index in [1.165, 1.54) is 5.56 Å². The van der Waals surface area contributed by atoms with Crippen molar-refractivity contribution in [2.75, 3.05) is 13.2 Å². The average molecular weight is 329 g/mol. The van der Waals surface area contributed by atoms with E-state index in [9.17, 15) is 4.79 Å². The van der Waals surface area contributed by atoms with E-state index in [0.29, 0.717) is 24.5 Å². The molecule has 1 saturated heterocycles. The lowest BCUT2D eigenvalue weighted by atomic mass is 10.1. The lowest BCUT2D eigenvalue weighted by Gasteiger charge is -2.08. The van der Waals surface area contributed by atoms with Gasteiger partial charge in [-0.15, -0.1) is 0 Å². The molecule has 1 aliphatic heterocycles. The van der Waals surface area contributed by atoms with Crippen LogP contribution in [0.3, 0.4) is 0 Å². The van der Waals surface area contributed by atoms with Crippen LogP contribution in [0.15, 0.2) is 34.9 Å². The molecule has 2 heterocycles. The Balaban J connectivity index is 1.43. The second-order valence-electron chi connectivity index (χ2n) is 6.11. The average Bonchev–Trinajstić information content (AvgIpc) is 3.26. The van der Waals surface area contributed by atoms with Gasteiger partial charge in [0.2, 0.25) is 0 Å². The van der Waals surface area contributed by atoms with Gasteiger partial charge in [0.25, 0.3) is 5.91 Å². The van der Waals surface area contributed by atoms with Crippen LogP contribution in [0, 0.1) is 6.92 Å². The van der Waals surface area contributed by atoms with Gasteiger partial charge in [0.1, 0.15) is 0 Å². The van der Waals surface area contributed by atoms with E-state index < -0.39 is 0 Å². The SMILES string of the molecule is Cc1ccc(CNC(=O)c2cc(CNCC3CCCO3)on2)cc1. The summed E-state index contributed by atoms with van der Waals surface area (Å²) in [5.74, 6) is 0.415. The number of nitrogens with one attached hydrogen (secondary N) is 2. The third kappa shape index (κ3) is 4.66. The number of carbonyl (C=O) groups excluding carboxylic acids is 1. The van der Waals surface area contributed by atoms with Crippen molar-refractivity contribution in [2.45, 2.75) is 39.0 Å². The Morgan fingerprint density at radius 1 is 1.29 bits per heavy atom. The Labute approximate surface area is 141 Å². The summed E-state index contributed by atoms with van der Waals surface area (Å²) >= 11 is 0. The third-order valence-electron chi connectivity index (χ3n) is 4.06. The fourth-order valence-electron chi connectivity index (χ4n) is 2.64. The van der Waals surface area contributed by atoms with Crippen LogP contribution in [0.4, 0.5) is 0 Å². The molecule has 0 bridgehead atoms. The summed E-state index contributed by atoms with van der Waals surface area (Å²) < 4.78 is 10.7. The molecule has 0 aliphatic carbocycles. The summed E-state index contributed by atoms with van der Waals surface area (Å²) in [5, 5.41) is 9.95. The number of amides is 1. The van der Waals surface area contributed by atoms with Crippen molar-refractivity contribution in [2.24, 2.45) is 0 Å². The maximum absolute atomic E-state index is 12.1. The van der Waals surface area contributed by atoms with Gasteiger partial charge in [0.05, 0.1) is 12.6 Å². The Bertz CT molecular complexity index is 660. The summed E-state index contributed by atoms with van der Waals surface area (Å²) in [7, 11) is 0. The quantitative estimate of drug-likeness (QED) is 0.814. The molecule has 1 aliphatic rings. The van der Waals surface area contributed by atoms with E-state index in [0.717, 1.165) is 31.6 Å². The highest BCUT2D eigenvalue weighted by molar-refractivity contribution is 5.92. The fourth-order valence-corrected chi connectivity index (χ4v) is 2.64. The fraction of sp³-hybridized carbons (Fsp3) is 0.444. The molecule has 128 valence electrons. The molecule has 1 atom stereocenters. The minimum Gasteiger partial charge on any atom is -0.377 e. The van der Waals surface area contributed by atoms with Crippen molar-refractivity contribution in [1.82, 2.24) is 15.8 Å². The topological polar surface area (TPSA) is 76.4 Å². The number of ether oxygens (including phenoxy) is 1. The van der Waals surface area contributed by atoms with Crippen molar-refractivity contribution in [1.29, 1.82) is 0 Å². The first-order chi connectivity index (χ1) is 11.7. The summed E-state index contributed by atoms with van der Waals surface area (Å²) in [4.78, 5) is 12.1. The van der Waals surface area contributed by atoms with Crippen LogP contribution in [0.2, 0.25) is 0 Å². The van der Waals surface area contributed by atoms with Gasteiger partial charge in [-0.05, 0) is 25.3 Å². The predicted molar refractivity (Wildman–Crippen MR) is 89.5 cm³/mol. The van der Waals surface area contributed by atoms with Crippen molar-refractivity contribution < 1.29 is 14.1 Å². The number of hydrogen-bond acceptors (Lipinski definition) is 5. The molecule has 6 nitrogen and oxygen atoms in total. The number of hydrogen-bond donors (Lipinski definition) is 2. The summed E-state index contributed by atoms with van der Waals surface area (Å²) in [6, 6.07) is 9.72. The molecule has 3 rings (SSSR count). The number of benzene rings is 1. The van der Waals surface area contributed by atoms with Crippen LogP contribution in [0.25, 0.3) is 0 Å². The largest absolute Gasteiger partial charge is 0.377 e. The van der Waals surface area contributed by atoms with Gasteiger partial charge in [-0.1, -0.05) is 35.0 Å². The summed E-state index contributed by atoms with van der Waals surface area (Å²) in [6.45, 7) is 4.68. The van der Waals surface area contributed by atoms with Gasteiger partial charge in [0, 0.05) is 25.8 Å². The van der Waals surface area contributed by atoms with Crippen LogP contribution in [-0.4, -0.2) is 30.3 Å². The summed E-state index contributed by atoms with van der Waals surface area (Å²) in [5.41, 5.74) is 2.55. The monoisotopic (exact) mass is 329 g/mol. The van der Waals surface area contributed by atoms with Gasteiger partial charge in [-0.25, -0.2) is 0 Å². The van der Waals surface area contributed by atoms with Gasteiger partial charge in [-0.3, -0.25) is 4.79 Å². The zero-order valence-corrected chi connectivity index (χ0v) is 13.9. The number of aryl methyl sites for hydroxylation is 1. The lowest BCUT2D eigenvalue weighted by molar-refractivity contribution is 0.0941. The van der Waals surface area contributed by atoms with Crippen molar-refractivity contribution in [3.8, 4) is 0 Å².